The van der Waals surface area contributed by atoms with Gasteiger partial charge in [-0.05, 0) is 49.4 Å². The molecule has 1 aliphatic heterocycles. The largest absolute Gasteiger partial charge is 0.496 e. The number of hydrogen-bond acceptors (Lipinski definition) is 8. The van der Waals surface area contributed by atoms with Crippen LogP contribution >= 0.6 is 22.9 Å². The van der Waals surface area contributed by atoms with Crippen molar-refractivity contribution in [2.75, 3.05) is 23.9 Å². The van der Waals surface area contributed by atoms with E-state index in [4.69, 9.17) is 16.3 Å². The zero-order chi connectivity index (χ0) is 26.4. The van der Waals surface area contributed by atoms with Crippen molar-refractivity contribution >= 4 is 56.2 Å². The van der Waals surface area contributed by atoms with E-state index < -0.39 is 5.91 Å². The van der Waals surface area contributed by atoms with Crippen LogP contribution in [0.5, 0.6) is 5.75 Å². The van der Waals surface area contributed by atoms with E-state index in [9.17, 15) is 9.59 Å². The lowest BCUT2D eigenvalue weighted by molar-refractivity contribution is -0.120. The van der Waals surface area contributed by atoms with Crippen molar-refractivity contribution in [3.63, 3.8) is 0 Å². The zero-order valence-corrected chi connectivity index (χ0v) is 22.5. The molecule has 1 aromatic carbocycles. The van der Waals surface area contributed by atoms with Gasteiger partial charge in [-0.15, -0.1) is 0 Å². The summed E-state index contributed by atoms with van der Waals surface area (Å²) in [5.41, 5.74) is 2.93. The van der Waals surface area contributed by atoms with Crippen molar-refractivity contribution in [3.8, 4) is 16.9 Å². The van der Waals surface area contributed by atoms with E-state index >= 15 is 0 Å². The van der Waals surface area contributed by atoms with Crippen molar-refractivity contribution in [2.24, 2.45) is 5.92 Å². The molecule has 1 N–H and O–H groups in total. The first kappa shape index (κ1) is 24.7. The Bertz CT molecular complexity index is 1570. The molecule has 1 aliphatic carbocycles. The number of halogens is 1. The fourth-order valence-electron chi connectivity index (χ4n) is 4.64. The first-order chi connectivity index (χ1) is 18.4. The van der Waals surface area contributed by atoms with Crippen LogP contribution in [0.4, 0.5) is 10.9 Å². The zero-order valence-electron chi connectivity index (χ0n) is 20.9. The molecule has 0 radical (unpaired) electrons. The molecular formula is C27H25ClN6O3S. The van der Waals surface area contributed by atoms with Crippen LogP contribution in [0.1, 0.15) is 54.6 Å². The smallest absolute Gasteiger partial charge is 0.259 e. The van der Waals surface area contributed by atoms with Crippen LogP contribution in [-0.4, -0.2) is 45.4 Å². The van der Waals surface area contributed by atoms with Gasteiger partial charge >= 0.3 is 0 Å². The monoisotopic (exact) mass is 548 g/mol. The number of aromatic nitrogens is 4. The molecule has 9 nitrogen and oxygen atoms in total. The predicted molar refractivity (Wildman–Crippen MR) is 147 cm³/mol. The normalized spacial score (nSPS) is 17.6. The third-order valence-electron chi connectivity index (χ3n) is 6.89. The molecule has 11 heteroatoms. The molecule has 1 unspecified atom stereocenters. The second-order valence-electron chi connectivity index (χ2n) is 9.75. The van der Waals surface area contributed by atoms with Gasteiger partial charge in [-0.25, -0.2) is 15.0 Å². The number of amides is 2. The molecule has 1 saturated heterocycles. The van der Waals surface area contributed by atoms with Crippen molar-refractivity contribution in [2.45, 2.75) is 38.5 Å². The number of carbonyl (C=O) groups excluding carboxylic acids is 2. The van der Waals surface area contributed by atoms with Gasteiger partial charge in [0.15, 0.2) is 15.6 Å². The number of nitrogens with zero attached hydrogens (tertiary/aromatic N) is 5. The van der Waals surface area contributed by atoms with Crippen LogP contribution in [0.2, 0.25) is 5.02 Å². The summed E-state index contributed by atoms with van der Waals surface area (Å²) in [5, 5.41) is 3.77. The number of nitrogens with one attached hydrogen (secondary N) is 1. The van der Waals surface area contributed by atoms with E-state index in [1.165, 1.54) is 17.5 Å². The number of fused-ring (bicyclic) bond motifs is 1. The fourth-order valence-corrected chi connectivity index (χ4v) is 5.61. The summed E-state index contributed by atoms with van der Waals surface area (Å²) < 4.78 is 5.59. The Morgan fingerprint density at radius 2 is 1.97 bits per heavy atom. The maximum atomic E-state index is 13.6. The maximum absolute atomic E-state index is 13.6. The van der Waals surface area contributed by atoms with Crippen molar-refractivity contribution < 1.29 is 14.3 Å². The van der Waals surface area contributed by atoms with Gasteiger partial charge < -0.3 is 4.74 Å². The number of benzene rings is 1. The summed E-state index contributed by atoms with van der Waals surface area (Å²) in [5.74, 6) is 1.44. The molecular weight excluding hydrogens is 524 g/mol. The first-order valence-electron chi connectivity index (χ1n) is 12.5. The second kappa shape index (κ2) is 9.92. The number of pyridine rings is 1. The molecule has 3 aromatic heterocycles. The summed E-state index contributed by atoms with van der Waals surface area (Å²) in [6.45, 7) is 2.64. The number of ether oxygens (including phenoxy) is 1. The Balaban J connectivity index is 1.38. The number of piperidine rings is 1. The Labute approximate surface area is 228 Å². The highest BCUT2D eigenvalue weighted by Gasteiger charge is 2.28. The Kier molecular flexibility index (Phi) is 6.45. The van der Waals surface area contributed by atoms with Gasteiger partial charge in [0.1, 0.15) is 11.6 Å². The standard InChI is InChI=1S/C27H25ClN6O3S/c1-14-7-8-34(23(35)9-14)22-11-17(18-10-16(28)5-6-21(18)37-2)19(12-29-22)25(36)33-27-32-24-26(38-27)31-20(13-30-24)15-3-4-15/h5-6,10-15H,3-4,7-9H2,1-2H3,(H,30,32,33,36). The van der Waals surface area contributed by atoms with Crippen molar-refractivity contribution in [1.82, 2.24) is 19.9 Å². The number of hydrogen-bond donors (Lipinski definition) is 1. The molecule has 2 aliphatic rings. The number of rotatable bonds is 6. The Morgan fingerprint density at radius 1 is 1.13 bits per heavy atom. The lowest BCUT2D eigenvalue weighted by Gasteiger charge is -2.29. The number of anilines is 2. The molecule has 2 fully saturated rings. The first-order valence-corrected chi connectivity index (χ1v) is 13.7. The number of thiazole rings is 1. The quantitative estimate of drug-likeness (QED) is 0.329. The molecule has 6 rings (SSSR count). The van der Waals surface area contributed by atoms with E-state index in [1.54, 1.807) is 42.5 Å². The van der Waals surface area contributed by atoms with E-state index in [-0.39, 0.29) is 5.91 Å². The van der Waals surface area contributed by atoms with Gasteiger partial charge in [-0.1, -0.05) is 29.9 Å². The van der Waals surface area contributed by atoms with Crippen molar-refractivity contribution in [3.05, 3.63) is 52.9 Å². The predicted octanol–water partition coefficient (Wildman–Crippen LogP) is 5.70. The third-order valence-corrected chi connectivity index (χ3v) is 7.98. The SMILES string of the molecule is COc1ccc(Cl)cc1-c1cc(N2CCC(C)CC2=O)ncc1C(=O)Nc1nc2ncc(C3CC3)nc2s1. The van der Waals surface area contributed by atoms with E-state index in [0.29, 0.717) is 73.7 Å². The molecule has 0 spiro atoms. The topological polar surface area (TPSA) is 110 Å². The van der Waals surface area contributed by atoms with Gasteiger partial charge in [-0.2, -0.15) is 4.98 Å². The third kappa shape index (κ3) is 4.81. The van der Waals surface area contributed by atoms with E-state index in [0.717, 1.165) is 25.0 Å². The van der Waals surface area contributed by atoms with Crippen LogP contribution in [0.15, 0.2) is 36.7 Å². The minimum atomic E-state index is -0.402. The molecule has 38 heavy (non-hydrogen) atoms. The molecule has 4 aromatic rings. The Morgan fingerprint density at radius 3 is 2.74 bits per heavy atom. The molecule has 2 amide bonds. The minimum Gasteiger partial charge on any atom is -0.496 e. The van der Waals surface area contributed by atoms with E-state index in [1.807, 2.05) is 0 Å². The van der Waals surface area contributed by atoms with Crippen LogP contribution in [0.3, 0.4) is 0 Å². The maximum Gasteiger partial charge on any atom is 0.259 e. The van der Waals surface area contributed by atoms with Gasteiger partial charge in [-0.3, -0.25) is 19.8 Å². The van der Waals surface area contributed by atoms with Crippen LogP contribution < -0.4 is 15.0 Å². The molecule has 1 atom stereocenters. The molecule has 4 heterocycles. The number of methoxy groups -OCH3 is 1. The second-order valence-corrected chi connectivity index (χ2v) is 11.2. The summed E-state index contributed by atoms with van der Waals surface area (Å²) in [6, 6.07) is 6.95. The fraction of sp³-hybridized carbons (Fsp3) is 0.333. The molecule has 194 valence electrons. The van der Waals surface area contributed by atoms with Gasteiger partial charge in [0.05, 0.1) is 24.6 Å². The average Bonchev–Trinajstić information content (AvgIpc) is 3.68. The highest BCUT2D eigenvalue weighted by molar-refractivity contribution is 7.21. The summed E-state index contributed by atoms with van der Waals surface area (Å²) in [4.78, 5) is 46.8. The highest BCUT2D eigenvalue weighted by atomic mass is 35.5. The average molecular weight is 549 g/mol. The summed E-state index contributed by atoms with van der Waals surface area (Å²) in [6.07, 6.45) is 6.85. The van der Waals surface area contributed by atoms with Gasteiger partial charge in [0.25, 0.3) is 5.91 Å². The lowest BCUT2D eigenvalue weighted by Crippen LogP contribution is -2.38. The van der Waals surface area contributed by atoms with Crippen LogP contribution in [0.25, 0.3) is 21.6 Å². The summed E-state index contributed by atoms with van der Waals surface area (Å²) in [7, 11) is 1.56. The molecule has 1 saturated carbocycles. The Hall–Kier alpha value is -3.63. The van der Waals surface area contributed by atoms with Crippen molar-refractivity contribution in [1.29, 1.82) is 0 Å². The number of carbonyl (C=O) groups is 2. The molecule has 0 bridgehead atoms. The van der Waals surface area contributed by atoms with Crippen LogP contribution in [0, 0.1) is 5.92 Å². The van der Waals surface area contributed by atoms with Gasteiger partial charge in [0, 0.05) is 41.2 Å². The lowest BCUT2D eigenvalue weighted by atomic mass is 9.97. The van der Waals surface area contributed by atoms with E-state index in [2.05, 4.69) is 32.2 Å². The minimum absolute atomic E-state index is 0.0116. The highest BCUT2D eigenvalue weighted by Crippen LogP contribution is 2.40. The van der Waals surface area contributed by atoms with Crippen LogP contribution in [-0.2, 0) is 4.79 Å². The summed E-state index contributed by atoms with van der Waals surface area (Å²) >= 11 is 7.62. The van der Waals surface area contributed by atoms with Gasteiger partial charge in [0.2, 0.25) is 5.91 Å².